The average Bonchev–Trinajstić information content (AvgIpc) is 2.14. The van der Waals surface area contributed by atoms with Crippen LogP contribution in [0.2, 0.25) is 0 Å². The first-order chi connectivity index (χ1) is 6.16. The van der Waals surface area contributed by atoms with Crippen molar-refractivity contribution in [3.05, 3.63) is 37.0 Å². The summed E-state index contributed by atoms with van der Waals surface area (Å²) in [5.41, 5.74) is 0.832. The third-order valence-electron chi connectivity index (χ3n) is 0.955. The summed E-state index contributed by atoms with van der Waals surface area (Å²) in [6, 6.07) is 0. The normalized spacial score (nSPS) is 8.38. The van der Waals surface area contributed by atoms with E-state index in [2.05, 4.69) is 38.8 Å². The van der Waals surface area contributed by atoms with E-state index in [0.717, 1.165) is 5.57 Å². The molecule has 0 amide bonds. The molecule has 0 aliphatic carbocycles. The van der Waals surface area contributed by atoms with Crippen molar-refractivity contribution in [3.8, 4) is 11.8 Å². The fourth-order valence-electron chi connectivity index (χ4n) is 0.463. The Labute approximate surface area is 83.1 Å². The van der Waals surface area contributed by atoms with Crippen LogP contribution in [0.4, 0.5) is 0 Å². The Morgan fingerprint density at radius 3 is 2.23 bits per heavy atom. The summed E-state index contributed by atoms with van der Waals surface area (Å²) in [5, 5.41) is 0. The molecule has 0 bridgehead atoms. The summed E-state index contributed by atoms with van der Waals surface area (Å²) in [5.74, 6) is 6.36. The molecule has 0 rings (SSSR count). The fourth-order valence-corrected chi connectivity index (χ4v) is 0.463. The molecule has 0 aliphatic rings. The molecule has 0 aromatic heterocycles. The molecule has 0 nitrogen and oxygen atoms in total. The largest absolute Gasteiger partial charge is 0.0991 e. The first-order valence-electron chi connectivity index (χ1n) is 4.66. The second-order valence-electron chi connectivity index (χ2n) is 2.54. The molecule has 0 atom stereocenters. The van der Waals surface area contributed by atoms with E-state index in [9.17, 15) is 0 Å². The van der Waals surface area contributed by atoms with Gasteiger partial charge >= 0.3 is 0 Å². The van der Waals surface area contributed by atoms with Gasteiger partial charge in [-0.1, -0.05) is 64.8 Å². The van der Waals surface area contributed by atoms with Crippen LogP contribution in [0.3, 0.4) is 0 Å². The zero-order valence-corrected chi connectivity index (χ0v) is 9.22. The Morgan fingerprint density at radius 1 is 1.31 bits per heavy atom. The van der Waals surface area contributed by atoms with Crippen molar-refractivity contribution in [1.29, 1.82) is 0 Å². The third kappa shape index (κ3) is 13.7. The van der Waals surface area contributed by atoms with Gasteiger partial charge in [-0.05, 0) is 6.08 Å². The van der Waals surface area contributed by atoms with Gasteiger partial charge in [0, 0.05) is 11.5 Å². The maximum Gasteiger partial charge on any atom is 0.0173 e. The molecule has 0 heterocycles. The summed E-state index contributed by atoms with van der Waals surface area (Å²) in [4.78, 5) is 0. The van der Waals surface area contributed by atoms with Gasteiger partial charge in [0.2, 0.25) is 0 Å². The highest BCUT2D eigenvalue weighted by Crippen LogP contribution is 1.92. The highest BCUT2D eigenvalue weighted by atomic mass is 13.9. The Hall–Kier alpha value is -1.22. The second-order valence-corrected chi connectivity index (χ2v) is 2.54. The highest BCUT2D eigenvalue weighted by Gasteiger charge is 1.81. The molecule has 0 aliphatic heterocycles. The van der Waals surface area contributed by atoms with Gasteiger partial charge in [0.25, 0.3) is 0 Å². The van der Waals surface area contributed by atoms with E-state index in [-0.39, 0.29) is 0 Å². The number of hydrogen-bond donors (Lipinski definition) is 0. The molecular formula is C13H20. The van der Waals surface area contributed by atoms with Gasteiger partial charge < -0.3 is 0 Å². The molecule has 0 aromatic carbocycles. The van der Waals surface area contributed by atoms with Crippen LogP contribution in [-0.2, 0) is 0 Å². The molecule has 0 aromatic rings. The molecule has 0 saturated heterocycles. The highest BCUT2D eigenvalue weighted by molar-refractivity contribution is 5.36. The van der Waals surface area contributed by atoms with E-state index in [1.54, 1.807) is 6.08 Å². The molecule has 72 valence electrons. The van der Waals surface area contributed by atoms with Crippen LogP contribution in [0.25, 0.3) is 0 Å². The van der Waals surface area contributed by atoms with Gasteiger partial charge in [0.15, 0.2) is 0 Å². The predicted molar refractivity (Wildman–Crippen MR) is 62.4 cm³/mol. The van der Waals surface area contributed by atoms with Crippen molar-refractivity contribution in [2.45, 2.75) is 27.7 Å². The van der Waals surface area contributed by atoms with E-state index in [4.69, 9.17) is 0 Å². The van der Waals surface area contributed by atoms with Crippen LogP contribution >= 0.6 is 0 Å². The Morgan fingerprint density at radius 2 is 1.85 bits per heavy atom. The molecule has 0 radical (unpaired) electrons. The van der Waals surface area contributed by atoms with E-state index in [0.29, 0.717) is 5.92 Å². The van der Waals surface area contributed by atoms with Gasteiger partial charge in [-0.25, -0.2) is 0 Å². The van der Waals surface area contributed by atoms with Crippen LogP contribution in [0.15, 0.2) is 37.0 Å². The van der Waals surface area contributed by atoms with Crippen LogP contribution in [0.5, 0.6) is 0 Å². The van der Waals surface area contributed by atoms with Crippen molar-refractivity contribution in [3.63, 3.8) is 0 Å². The maximum absolute atomic E-state index is 3.76. The summed E-state index contributed by atoms with van der Waals surface area (Å²) >= 11 is 0. The molecule has 13 heavy (non-hydrogen) atoms. The minimum atomic E-state index is 0.406. The predicted octanol–water partition coefficient (Wildman–Crippen LogP) is 3.97. The van der Waals surface area contributed by atoms with Crippen molar-refractivity contribution >= 4 is 0 Å². The minimum absolute atomic E-state index is 0.406. The van der Waals surface area contributed by atoms with Crippen molar-refractivity contribution in [1.82, 2.24) is 0 Å². The molecular weight excluding hydrogens is 156 g/mol. The van der Waals surface area contributed by atoms with Crippen LogP contribution < -0.4 is 0 Å². The lowest BCUT2D eigenvalue weighted by atomic mass is 10.2. The molecule has 0 N–H and O–H groups in total. The zero-order valence-electron chi connectivity index (χ0n) is 9.22. The van der Waals surface area contributed by atoms with E-state index in [1.165, 1.54) is 0 Å². The maximum atomic E-state index is 3.76. The quantitative estimate of drug-likeness (QED) is 0.441. The van der Waals surface area contributed by atoms with E-state index in [1.807, 2.05) is 26.0 Å². The van der Waals surface area contributed by atoms with Gasteiger partial charge in [-0.2, -0.15) is 0 Å². The SMILES string of the molecule is C=C/C=C\C(=C)C#CC(C)C.CC. The number of rotatable bonds is 2. The average molecular weight is 176 g/mol. The monoisotopic (exact) mass is 176 g/mol. The number of hydrogen-bond acceptors (Lipinski definition) is 0. The van der Waals surface area contributed by atoms with E-state index >= 15 is 0 Å². The Kier molecular flexibility index (Phi) is 11.9. The minimum Gasteiger partial charge on any atom is -0.0991 e. The topological polar surface area (TPSA) is 0 Å². The van der Waals surface area contributed by atoms with Gasteiger partial charge in [0.1, 0.15) is 0 Å². The lowest BCUT2D eigenvalue weighted by Crippen LogP contribution is -1.77. The van der Waals surface area contributed by atoms with Gasteiger partial charge in [-0.3, -0.25) is 0 Å². The summed E-state index contributed by atoms with van der Waals surface area (Å²) < 4.78 is 0. The van der Waals surface area contributed by atoms with Gasteiger partial charge in [0.05, 0.1) is 0 Å². The standard InChI is InChI=1S/C11H14.C2H6/c1-5-6-7-11(4)9-8-10(2)3;1-2/h5-7,10H,1,4H2,2-3H3;1-2H3/b7-6-;. The second kappa shape index (κ2) is 10.8. The molecule has 0 unspecified atom stereocenters. The number of allylic oxidation sites excluding steroid dienone is 4. The van der Waals surface area contributed by atoms with Crippen LogP contribution in [-0.4, -0.2) is 0 Å². The van der Waals surface area contributed by atoms with Crippen LogP contribution in [0.1, 0.15) is 27.7 Å². The van der Waals surface area contributed by atoms with Crippen molar-refractivity contribution in [2.24, 2.45) is 5.92 Å². The van der Waals surface area contributed by atoms with Crippen molar-refractivity contribution in [2.75, 3.05) is 0 Å². The smallest absolute Gasteiger partial charge is 0.0173 e. The fraction of sp³-hybridized carbons (Fsp3) is 0.385. The van der Waals surface area contributed by atoms with Gasteiger partial charge in [-0.15, -0.1) is 0 Å². The van der Waals surface area contributed by atoms with Crippen molar-refractivity contribution < 1.29 is 0 Å². The Bertz CT molecular complexity index is 218. The zero-order chi connectivity index (χ0) is 10.7. The Balaban J connectivity index is 0. The molecule has 0 spiro atoms. The van der Waals surface area contributed by atoms with Crippen LogP contribution in [0, 0.1) is 17.8 Å². The summed E-state index contributed by atoms with van der Waals surface area (Å²) in [6.45, 7) is 15.4. The molecule has 0 heteroatoms. The molecule has 0 fully saturated rings. The first-order valence-corrected chi connectivity index (χ1v) is 4.66. The lowest BCUT2D eigenvalue weighted by Gasteiger charge is -1.87. The summed E-state index contributed by atoms with van der Waals surface area (Å²) in [7, 11) is 0. The third-order valence-corrected chi connectivity index (χ3v) is 0.955. The van der Waals surface area contributed by atoms with E-state index < -0.39 is 0 Å². The summed E-state index contributed by atoms with van der Waals surface area (Å²) in [6.07, 6.45) is 5.39. The molecule has 0 saturated carbocycles. The first kappa shape index (κ1) is 14.3. The lowest BCUT2D eigenvalue weighted by molar-refractivity contribution is 0.866.